The Balaban J connectivity index is 1.86. The van der Waals surface area contributed by atoms with Gasteiger partial charge in [0.1, 0.15) is 5.78 Å². The number of benzene rings is 1. The summed E-state index contributed by atoms with van der Waals surface area (Å²) in [7, 11) is 0. The lowest BCUT2D eigenvalue weighted by Gasteiger charge is -2.08. The number of nitrogens with zero attached hydrogens (tertiary/aromatic N) is 2. The van der Waals surface area contributed by atoms with E-state index < -0.39 is 0 Å². The summed E-state index contributed by atoms with van der Waals surface area (Å²) in [5.41, 5.74) is 0.840. The first kappa shape index (κ1) is 16.1. The molecule has 1 atom stereocenters. The molecule has 0 amide bonds. The van der Waals surface area contributed by atoms with Crippen LogP contribution in [0.3, 0.4) is 0 Å². The fourth-order valence-corrected chi connectivity index (χ4v) is 2.95. The van der Waals surface area contributed by atoms with E-state index in [1.165, 1.54) is 11.8 Å². The van der Waals surface area contributed by atoms with Crippen LogP contribution < -0.4 is 0 Å². The fraction of sp³-hybridized carbons (Fsp3) is 0.375. The van der Waals surface area contributed by atoms with Gasteiger partial charge >= 0.3 is 0 Å². The Kier molecular flexibility index (Phi) is 5.88. The fourth-order valence-electron chi connectivity index (χ4n) is 1.88. The Morgan fingerprint density at radius 2 is 2.24 bits per heavy atom. The second-order valence-corrected chi connectivity index (χ2v) is 6.49. The summed E-state index contributed by atoms with van der Waals surface area (Å²) in [6, 6.07) is 9.85. The number of carbonyl (C=O) groups excluding carboxylic acids is 1. The molecule has 0 bridgehead atoms. The first-order valence-electron chi connectivity index (χ1n) is 7.02. The van der Waals surface area contributed by atoms with E-state index in [1.807, 2.05) is 41.2 Å². The molecule has 112 valence electrons. The molecular weight excluding hydrogens is 304 g/mol. The van der Waals surface area contributed by atoms with Crippen LogP contribution in [-0.4, -0.2) is 21.3 Å². The van der Waals surface area contributed by atoms with Crippen molar-refractivity contribution in [2.75, 3.05) is 5.75 Å². The molecule has 0 radical (unpaired) electrons. The topological polar surface area (TPSA) is 34.9 Å². The van der Waals surface area contributed by atoms with Gasteiger partial charge in [0.05, 0.1) is 17.9 Å². The molecule has 2 aromatic rings. The van der Waals surface area contributed by atoms with Crippen LogP contribution >= 0.6 is 23.4 Å². The second-order valence-electron chi connectivity index (χ2n) is 5.01. The molecule has 5 heteroatoms. The quantitative estimate of drug-likeness (QED) is 0.708. The van der Waals surface area contributed by atoms with Gasteiger partial charge in [0.25, 0.3) is 0 Å². The number of hydrogen-bond acceptors (Lipinski definition) is 3. The highest BCUT2D eigenvalue weighted by Gasteiger charge is 2.09. The number of halogens is 1. The molecule has 2 rings (SSSR count). The number of rotatable bonds is 7. The number of ketones is 1. The molecule has 1 unspecified atom stereocenters. The van der Waals surface area contributed by atoms with E-state index in [2.05, 4.69) is 18.9 Å². The first-order chi connectivity index (χ1) is 10.1. The molecule has 0 N–H and O–H groups in total. The largest absolute Gasteiger partial charge is 0.298 e. The number of Topliss-reactive ketones (excluding diaryl/α,β-unsaturated/α-hetero) is 1. The maximum atomic E-state index is 12.0. The highest BCUT2D eigenvalue weighted by Crippen LogP contribution is 2.21. The van der Waals surface area contributed by atoms with Crippen molar-refractivity contribution in [3.63, 3.8) is 0 Å². The van der Waals surface area contributed by atoms with Crippen molar-refractivity contribution in [3.8, 4) is 0 Å². The zero-order valence-electron chi connectivity index (χ0n) is 12.3. The number of aromatic nitrogens is 2. The summed E-state index contributed by atoms with van der Waals surface area (Å²) < 4.78 is 1.92. The second kappa shape index (κ2) is 7.66. The van der Waals surface area contributed by atoms with Crippen LogP contribution in [0, 0.1) is 0 Å². The van der Waals surface area contributed by atoms with Gasteiger partial charge in [-0.25, -0.2) is 0 Å². The zero-order valence-corrected chi connectivity index (χ0v) is 13.8. The number of carbonyl (C=O) groups is 1. The molecule has 0 aliphatic carbocycles. The van der Waals surface area contributed by atoms with Crippen LogP contribution in [0.2, 0.25) is 5.02 Å². The lowest BCUT2D eigenvalue weighted by atomic mass is 10.2. The predicted molar refractivity (Wildman–Crippen MR) is 88.1 cm³/mol. The summed E-state index contributed by atoms with van der Waals surface area (Å²) in [6.45, 7) is 4.24. The van der Waals surface area contributed by atoms with E-state index in [-0.39, 0.29) is 5.78 Å². The molecule has 0 saturated heterocycles. The monoisotopic (exact) mass is 322 g/mol. The highest BCUT2D eigenvalue weighted by atomic mass is 35.5. The molecular formula is C16H19ClN2OS. The van der Waals surface area contributed by atoms with Crippen LogP contribution in [0.25, 0.3) is 0 Å². The van der Waals surface area contributed by atoms with Crippen molar-refractivity contribution in [3.05, 3.63) is 47.2 Å². The van der Waals surface area contributed by atoms with Gasteiger partial charge in [-0.1, -0.05) is 24.6 Å². The Morgan fingerprint density at radius 1 is 1.43 bits per heavy atom. The average molecular weight is 323 g/mol. The summed E-state index contributed by atoms with van der Waals surface area (Å²) in [5.74, 6) is 0.616. The van der Waals surface area contributed by atoms with Gasteiger partial charge in [-0.3, -0.25) is 9.48 Å². The summed E-state index contributed by atoms with van der Waals surface area (Å²) >= 11 is 7.44. The van der Waals surface area contributed by atoms with Crippen molar-refractivity contribution in [2.24, 2.45) is 0 Å². The maximum absolute atomic E-state index is 12.0. The molecule has 1 heterocycles. The Hall–Kier alpha value is -1.26. The average Bonchev–Trinajstić information content (AvgIpc) is 2.93. The molecule has 1 aromatic heterocycles. The van der Waals surface area contributed by atoms with E-state index in [0.29, 0.717) is 23.2 Å². The van der Waals surface area contributed by atoms with Crippen LogP contribution in [-0.2, 0) is 11.2 Å². The van der Waals surface area contributed by atoms with E-state index in [9.17, 15) is 4.79 Å². The Bertz CT molecular complexity index is 612. The lowest BCUT2D eigenvalue weighted by molar-refractivity contribution is -0.116. The third kappa shape index (κ3) is 4.90. The van der Waals surface area contributed by atoms with Gasteiger partial charge in [0.15, 0.2) is 0 Å². The maximum Gasteiger partial charge on any atom is 0.149 e. The molecule has 0 saturated carbocycles. The molecule has 0 aliphatic heterocycles. The Morgan fingerprint density at radius 3 is 2.95 bits per heavy atom. The van der Waals surface area contributed by atoms with Crippen molar-refractivity contribution < 1.29 is 4.79 Å². The summed E-state index contributed by atoms with van der Waals surface area (Å²) in [4.78, 5) is 13.0. The molecule has 1 aromatic carbocycles. The van der Waals surface area contributed by atoms with Gasteiger partial charge < -0.3 is 0 Å². The minimum absolute atomic E-state index is 0.175. The van der Waals surface area contributed by atoms with Crippen molar-refractivity contribution in [2.45, 2.75) is 37.6 Å². The molecule has 0 aliphatic rings. The van der Waals surface area contributed by atoms with Crippen LogP contribution in [0.1, 0.15) is 32.0 Å². The van der Waals surface area contributed by atoms with Gasteiger partial charge in [0.2, 0.25) is 0 Å². The third-order valence-electron chi connectivity index (χ3n) is 3.28. The van der Waals surface area contributed by atoms with Gasteiger partial charge in [-0.05, 0) is 37.6 Å². The zero-order chi connectivity index (χ0) is 15.2. The summed E-state index contributed by atoms with van der Waals surface area (Å²) in [5, 5.41) is 5.15. The van der Waals surface area contributed by atoms with Crippen LogP contribution in [0.15, 0.2) is 41.4 Å². The third-order valence-corrected chi connectivity index (χ3v) is 4.57. The Labute approximate surface area is 134 Å². The predicted octanol–water partition coefficient (Wildman–Crippen LogP) is 4.41. The van der Waals surface area contributed by atoms with Crippen molar-refractivity contribution in [1.82, 2.24) is 9.78 Å². The standard InChI is InChI=1S/C16H19ClN2OS/c1-3-12(2)19-8-7-14(18-19)10-15(20)11-21-16-6-4-5-13(17)9-16/h4-9,12H,3,10-11H2,1-2H3. The minimum atomic E-state index is 0.175. The molecule has 3 nitrogen and oxygen atoms in total. The molecule has 0 fully saturated rings. The smallest absolute Gasteiger partial charge is 0.149 e. The SMILES string of the molecule is CCC(C)n1ccc(CC(=O)CSc2cccc(Cl)c2)n1. The van der Waals surface area contributed by atoms with Gasteiger partial charge in [-0.15, -0.1) is 11.8 Å². The number of thioether (sulfide) groups is 1. The van der Waals surface area contributed by atoms with Gasteiger partial charge in [0, 0.05) is 22.2 Å². The number of hydrogen-bond donors (Lipinski definition) is 0. The van der Waals surface area contributed by atoms with Crippen LogP contribution in [0.5, 0.6) is 0 Å². The molecule has 0 spiro atoms. The highest BCUT2D eigenvalue weighted by molar-refractivity contribution is 8.00. The normalized spacial score (nSPS) is 12.3. The van der Waals surface area contributed by atoms with Crippen molar-refractivity contribution >= 4 is 29.1 Å². The molecule has 21 heavy (non-hydrogen) atoms. The van der Waals surface area contributed by atoms with E-state index in [0.717, 1.165) is 17.0 Å². The van der Waals surface area contributed by atoms with E-state index in [4.69, 9.17) is 11.6 Å². The van der Waals surface area contributed by atoms with E-state index >= 15 is 0 Å². The summed E-state index contributed by atoms with van der Waals surface area (Å²) in [6.07, 6.45) is 3.36. The van der Waals surface area contributed by atoms with E-state index in [1.54, 1.807) is 0 Å². The van der Waals surface area contributed by atoms with Gasteiger partial charge in [-0.2, -0.15) is 5.10 Å². The van der Waals surface area contributed by atoms with Crippen LogP contribution in [0.4, 0.5) is 0 Å². The lowest BCUT2D eigenvalue weighted by Crippen LogP contribution is -2.09. The first-order valence-corrected chi connectivity index (χ1v) is 8.39. The minimum Gasteiger partial charge on any atom is -0.298 e. The van der Waals surface area contributed by atoms with Crippen molar-refractivity contribution in [1.29, 1.82) is 0 Å².